The maximum absolute atomic E-state index is 13.6. The van der Waals surface area contributed by atoms with Crippen molar-refractivity contribution in [3.8, 4) is 0 Å². The summed E-state index contributed by atoms with van der Waals surface area (Å²) in [6.45, 7) is 0. The minimum Gasteiger partial charge on any atom is -0.475 e. The molecule has 0 aliphatic rings. The van der Waals surface area contributed by atoms with Crippen LogP contribution in [-0.4, -0.2) is 15.3 Å². The van der Waals surface area contributed by atoms with Gasteiger partial charge in [-0.1, -0.05) is 22.0 Å². The summed E-state index contributed by atoms with van der Waals surface area (Å²) in [5.74, 6) is -1.42. The van der Waals surface area contributed by atoms with Crippen LogP contribution in [0.15, 0.2) is 39.2 Å². The Kier molecular flexibility index (Phi) is 4.72. The third kappa shape index (κ3) is 3.77. The topological polar surface area (TPSA) is 67.5 Å². The Hall–Kier alpha value is -1.47. The molecule has 1 aromatic heterocycles. The maximum atomic E-state index is 13.6. The summed E-state index contributed by atoms with van der Waals surface area (Å²) in [5.41, 5.74) is 0.344. The SMILES string of the molecule is O=C(O)c1ccc(CS(=O)Cc2ccc(Br)cc2F)o1. The van der Waals surface area contributed by atoms with Crippen LogP contribution in [0, 0.1) is 5.82 Å². The largest absolute Gasteiger partial charge is 0.475 e. The number of hydrogen-bond donors (Lipinski definition) is 1. The monoisotopic (exact) mass is 360 g/mol. The maximum Gasteiger partial charge on any atom is 0.371 e. The molecule has 0 bridgehead atoms. The van der Waals surface area contributed by atoms with Crippen LogP contribution in [0.2, 0.25) is 0 Å². The van der Waals surface area contributed by atoms with Gasteiger partial charge in [-0.2, -0.15) is 0 Å². The van der Waals surface area contributed by atoms with E-state index in [0.717, 1.165) is 0 Å². The fourth-order valence-electron chi connectivity index (χ4n) is 1.59. The van der Waals surface area contributed by atoms with Crippen LogP contribution in [0.4, 0.5) is 4.39 Å². The highest BCUT2D eigenvalue weighted by Gasteiger charge is 2.13. The fraction of sp³-hybridized carbons (Fsp3) is 0.154. The molecule has 0 aliphatic carbocycles. The highest BCUT2D eigenvalue weighted by Crippen LogP contribution is 2.18. The van der Waals surface area contributed by atoms with Gasteiger partial charge in [-0.3, -0.25) is 4.21 Å². The average Bonchev–Trinajstić information content (AvgIpc) is 2.81. The molecule has 1 atom stereocenters. The second kappa shape index (κ2) is 6.32. The predicted octanol–water partition coefficient (Wildman–Crippen LogP) is 3.33. The minimum atomic E-state index is -1.38. The smallest absolute Gasteiger partial charge is 0.371 e. The zero-order chi connectivity index (χ0) is 14.7. The van der Waals surface area contributed by atoms with Crippen molar-refractivity contribution in [3.63, 3.8) is 0 Å². The number of aromatic carboxylic acids is 1. The van der Waals surface area contributed by atoms with E-state index in [-0.39, 0.29) is 17.3 Å². The van der Waals surface area contributed by atoms with Crippen molar-refractivity contribution in [3.05, 3.63) is 57.7 Å². The van der Waals surface area contributed by atoms with E-state index in [1.54, 1.807) is 12.1 Å². The van der Waals surface area contributed by atoms with Crippen molar-refractivity contribution < 1.29 is 22.9 Å². The molecule has 106 valence electrons. The quantitative estimate of drug-likeness (QED) is 0.887. The molecule has 0 saturated heterocycles. The number of halogens is 2. The predicted molar refractivity (Wildman–Crippen MR) is 75.3 cm³/mol. The summed E-state index contributed by atoms with van der Waals surface area (Å²) in [7, 11) is -1.38. The number of hydrogen-bond acceptors (Lipinski definition) is 3. The third-order valence-electron chi connectivity index (χ3n) is 2.51. The average molecular weight is 361 g/mol. The van der Waals surface area contributed by atoms with Gasteiger partial charge >= 0.3 is 5.97 Å². The number of carboxylic acid groups (broad SMARTS) is 1. The van der Waals surface area contributed by atoms with Crippen molar-refractivity contribution in [1.82, 2.24) is 0 Å². The van der Waals surface area contributed by atoms with E-state index < -0.39 is 22.6 Å². The van der Waals surface area contributed by atoms with Gasteiger partial charge < -0.3 is 9.52 Å². The Bertz CT molecular complexity index is 668. The van der Waals surface area contributed by atoms with Gasteiger partial charge in [0.1, 0.15) is 11.6 Å². The lowest BCUT2D eigenvalue weighted by Gasteiger charge is -2.03. The van der Waals surface area contributed by atoms with Crippen molar-refractivity contribution in [1.29, 1.82) is 0 Å². The summed E-state index contributed by atoms with van der Waals surface area (Å²) >= 11 is 3.15. The molecule has 0 fully saturated rings. The number of carboxylic acids is 1. The Balaban J connectivity index is 2.03. The van der Waals surface area contributed by atoms with E-state index in [1.807, 2.05) is 0 Å². The highest BCUT2D eigenvalue weighted by molar-refractivity contribution is 9.10. The van der Waals surface area contributed by atoms with Crippen LogP contribution in [0.5, 0.6) is 0 Å². The van der Waals surface area contributed by atoms with Gasteiger partial charge in [0.25, 0.3) is 0 Å². The normalized spacial score (nSPS) is 12.3. The summed E-state index contributed by atoms with van der Waals surface area (Å²) in [5, 5.41) is 8.71. The molecule has 0 radical (unpaired) electrons. The van der Waals surface area contributed by atoms with E-state index in [9.17, 15) is 13.4 Å². The molecule has 0 saturated carbocycles. The lowest BCUT2D eigenvalue weighted by Crippen LogP contribution is -2.01. The van der Waals surface area contributed by atoms with E-state index in [4.69, 9.17) is 9.52 Å². The van der Waals surface area contributed by atoms with Gasteiger partial charge in [-0.05, 0) is 24.3 Å². The van der Waals surface area contributed by atoms with Crippen molar-refractivity contribution in [2.45, 2.75) is 11.5 Å². The molecule has 4 nitrogen and oxygen atoms in total. The summed E-state index contributed by atoms with van der Waals surface area (Å²) in [4.78, 5) is 10.6. The lowest BCUT2D eigenvalue weighted by molar-refractivity contribution is 0.0660. The van der Waals surface area contributed by atoms with Crippen LogP contribution in [-0.2, 0) is 22.3 Å². The molecule has 1 unspecified atom stereocenters. The van der Waals surface area contributed by atoms with Crippen LogP contribution < -0.4 is 0 Å². The molecular weight excluding hydrogens is 351 g/mol. The first-order chi connectivity index (χ1) is 9.45. The fourth-order valence-corrected chi connectivity index (χ4v) is 3.08. The summed E-state index contributed by atoms with van der Waals surface area (Å²) in [6.07, 6.45) is 0. The molecule has 20 heavy (non-hydrogen) atoms. The van der Waals surface area contributed by atoms with Crippen molar-refractivity contribution >= 4 is 32.7 Å². The molecule has 2 aromatic rings. The number of benzene rings is 1. The van der Waals surface area contributed by atoms with Crippen LogP contribution >= 0.6 is 15.9 Å². The number of carbonyl (C=O) groups is 1. The Morgan fingerprint density at radius 3 is 2.65 bits per heavy atom. The van der Waals surface area contributed by atoms with Crippen LogP contribution in [0.1, 0.15) is 21.9 Å². The van der Waals surface area contributed by atoms with E-state index in [1.165, 1.54) is 18.2 Å². The Morgan fingerprint density at radius 1 is 1.30 bits per heavy atom. The summed E-state index contributed by atoms with van der Waals surface area (Å²) < 4.78 is 31.1. The molecule has 7 heteroatoms. The second-order valence-electron chi connectivity index (χ2n) is 4.04. The van der Waals surface area contributed by atoms with E-state index in [2.05, 4.69) is 15.9 Å². The van der Waals surface area contributed by atoms with Gasteiger partial charge in [-0.25, -0.2) is 9.18 Å². The highest BCUT2D eigenvalue weighted by atomic mass is 79.9. The zero-order valence-corrected chi connectivity index (χ0v) is 12.5. The first kappa shape index (κ1) is 14.9. The first-order valence-corrected chi connectivity index (χ1v) is 7.84. The minimum absolute atomic E-state index is 0.0439. The molecule has 1 heterocycles. The molecule has 1 N–H and O–H groups in total. The zero-order valence-electron chi connectivity index (χ0n) is 10.1. The molecule has 0 spiro atoms. The van der Waals surface area contributed by atoms with Crippen LogP contribution in [0.3, 0.4) is 0 Å². The summed E-state index contributed by atoms with van der Waals surface area (Å²) in [6, 6.07) is 7.30. The number of furan rings is 1. The van der Waals surface area contributed by atoms with Gasteiger partial charge in [0.05, 0.1) is 11.5 Å². The third-order valence-corrected chi connectivity index (χ3v) is 4.24. The van der Waals surface area contributed by atoms with E-state index in [0.29, 0.717) is 15.8 Å². The molecule has 2 rings (SSSR count). The lowest BCUT2D eigenvalue weighted by atomic mass is 10.2. The molecule has 0 amide bonds. The van der Waals surface area contributed by atoms with Gasteiger partial charge in [0, 0.05) is 20.8 Å². The van der Waals surface area contributed by atoms with Crippen molar-refractivity contribution in [2.75, 3.05) is 0 Å². The van der Waals surface area contributed by atoms with Crippen LogP contribution in [0.25, 0.3) is 0 Å². The molecule has 0 aliphatic heterocycles. The van der Waals surface area contributed by atoms with Gasteiger partial charge in [-0.15, -0.1) is 0 Å². The van der Waals surface area contributed by atoms with E-state index >= 15 is 0 Å². The van der Waals surface area contributed by atoms with Crippen molar-refractivity contribution in [2.24, 2.45) is 0 Å². The molecular formula is C13H10BrFO4S. The van der Waals surface area contributed by atoms with Gasteiger partial charge in [0.2, 0.25) is 5.76 Å². The Labute approximate surface area is 125 Å². The Morgan fingerprint density at radius 2 is 2.05 bits per heavy atom. The van der Waals surface area contributed by atoms with Gasteiger partial charge in [0.15, 0.2) is 0 Å². The first-order valence-electron chi connectivity index (χ1n) is 5.56. The standard InChI is InChI=1S/C13H10BrFO4S/c14-9-2-1-8(11(15)5-9)6-20(18)7-10-3-4-12(19-10)13(16)17/h1-5H,6-7H2,(H,16,17). The number of rotatable bonds is 5. The molecule has 1 aromatic carbocycles. The second-order valence-corrected chi connectivity index (χ2v) is 6.41.